The fourth-order valence-corrected chi connectivity index (χ4v) is 2.60. The molecule has 1 aliphatic rings. The summed E-state index contributed by atoms with van der Waals surface area (Å²) in [5.41, 5.74) is 2.57. The number of hydrogen-bond donors (Lipinski definition) is 1. The van der Waals surface area contributed by atoms with E-state index in [0.717, 1.165) is 31.7 Å². The predicted molar refractivity (Wildman–Crippen MR) is 82.4 cm³/mol. The van der Waals surface area contributed by atoms with Crippen molar-refractivity contribution in [3.8, 4) is 5.75 Å². The van der Waals surface area contributed by atoms with Crippen molar-refractivity contribution in [1.82, 2.24) is 5.32 Å². The Bertz CT molecular complexity index is 433. The maximum atomic E-state index is 6.10. The van der Waals surface area contributed by atoms with E-state index in [1.165, 1.54) is 11.1 Å². The highest BCUT2D eigenvalue weighted by Crippen LogP contribution is 2.30. The van der Waals surface area contributed by atoms with Gasteiger partial charge >= 0.3 is 0 Å². The number of aryl methyl sites for hydroxylation is 2. The average Bonchev–Trinajstić information content (AvgIpc) is 2.43. The molecule has 3 heteroatoms. The summed E-state index contributed by atoms with van der Waals surface area (Å²) < 4.78 is 11.9. The van der Waals surface area contributed by atoms with Crippen LogP contribution in [0.1, 0.15) is 37.8 Å². The first kappa shape index (κ1) is 15.3. The maximum absolute atomic E-state index is 6.10. The van der Waals surface area contributed by atoms with Gasteiger partial charge in [0.2, 0.25) is 0 Å². The summed E-state index contributed by atoms with van der Waals surface area (Å²) in [6, 6.07) is 6.72. The highest BCUT2D eigenvalue weighted by atomic mass is 16.5. The zero-order chi connectivity index (χ0) is 14.5. The van der Waals surface area contributed by atoms with Gasteiger partial charge in [-0.2, -0.15) is 0 Å². The molecule has 1 N–H and O–H groups in total. The van der Waals surface area contributed by atoms with Crippen molar-refractivity contribution in [2.24, 2.45) is 0 Å². The summed E-state index contributed by atoms with van der Waals surface area (Å²) in [4.78, 5) is 0. The number of hydrogen-bond acceptors (Lipinski definition) is 3. The third-order valence-corrected chi connectivity index (χ3v) is 4.03. The minimum atomic E-state index is 0.173. The fourth-order valence-electron chi connectivity index (χ4n) is 2.60. The lowest BCUT2D eigenvalue weighted by atomic mass is 9.85. The van der Waals surface area contributed by atoms with E-state index in [9.17, 15) is 0 Å². The largest absolute Gasteiger partial charge is 0.488 e. The lowest BCUT2D eigenvalue weighted by molar-refractivity contribution is -0.104. The van der Waals surface area contributed by atoms with Crippen LogP contribution in [0.15, 0.2) is 18.2 Å². The minimum Gasteiger partial charge on any atom is -0.488 e. The van der Waals surface area contributed by atoms with Crippen molar-refractivity contribution in [1.29, 1.82) is 0 Å². The second kappa shape index (κ2) is 7.09. The molecule has 20 heavy (non-hydrogen) atoms. The predicted octanol–water partition coefficient (Wildman–Crippen LogP) is 3.23. The second-order valence-corrected chi connectivity index (χ2v) is 5.62. The van der Waals surface area contributed by atoms with Crippen molar-refractivity contribution in [3.05, 3.63) is 29.3 Å². The maximum Gasteiger partial charge on any atom is 0.128 e. The lowest BCUT2D eigenvalue weighted by Gasteiger charge is -2.44. The molecule has 3 atom stereocenters. The zero-order valence-corrected chi connectivity index (χ0v) is 13.1. The van der Waals surface area contributed by atoms with Gasteiger partial charge < -0.3 is 14.8 Å². The molecular formula is C17H27NO2. The lowest BCUT2D eigenvalue weighted by Crippen LogP contribution is -2.61. The molecule has 1 saturated carbocycles. The molecule has 0 heterocycles. The first-order valence-corrected chi connectivity index (χ1v) is 7.74. The van der Waals surface area contributed by atoms with E-state index < -0.39 is 0 Å². The van der Waals surface area contributed by atoms with Crippen LogP contribution in [0.3, 0.4) is 0 Å². The first-order chi connectivity index (χ1) is 9.65. The smallest absolute Gasteiger partial charge is 0.128 e. The van der Waals surface area contributed by atoms with Crippen LogP contribution in [-0.2, 0) is 4.74 Å². The number of ether oxygens (including phenoxy) is 2. The van der Waals surface area contributed by atoms with Crippen LogP contribution in [0.4, 0.5) is 0 Å². The highest BCUT2D eigenvalue weighted by Gasteiger charge is 2.43. The topological polar surface area (TPSA) is 30.5 Å². The minimum absolute atomic E-state index is 0.173. The second-order valence-electron chi connectivity index (χ2n) is 5.62. The molecule has 1 aliphatic carbocycles. The Morgan fingerprint density at radius 2 is 2.00 bits per heavy atom. The van der Waals surface area contributed by atoms with E-state index in [2.05, 4.69) is 44.3 Å². The molecule has 0 bridgehead atoms. The molecular weight excluding hydrogens is 250 g/mol. The molecule has 2 rings (SSSR count). The monoisotopic (exact) mass is 277 g/mol. The Morgan fingerprint density at radius 1 is 1.20 bits per heavy atom. The van der Waals surface area contributed by atoms with Gasteiger partial charge in [0.15, 0.2) is 0 Å². The highest BCUT2D eigenvalue weighted by molar-refractivity contribution is 5.34. The van der Waals surface area contributed by atoms with Crippen LogP contribution in [0.5, 0.6) is 5.75 Å². The van der Waals surface area contributed by atoms with Gasteiger partial charge in [0, 0.05) is 19.1 Å². The summed E-state index contributed by atoms with van der Waals surface area (Å²) in [7, 11) is 0. The normalized spacial score (nSPS) is 25.3. The quantitative estimate of drug-likeness (QED) is 0.830. The van der Waals surface area contributed by atoms with Crippen molar-refractivity contribution in [2.75, 3.05) is 13.2 Å². The average molecular weight is 277 g/mol. The van der Waals surface area contributed by atoms with Gasteiger partial charge in [-0.3, -0.25) is 0 Å². The van der Waals surface area contributed by atoms with E-state index in [0.29, 0.717) is 6.04 Å². The van der Waals surface area contributed by atoms with Gasteiger partial charge in [-0.15, -0.1) is 0 Å². The summed E-state index contributed by atoms with van der Waals surface area (Å²) in [6.07, 6.45) is 2.52. The molecule has 0 radical (unpaired) electrons. The standard InChI is InChI=1S/C17H27NO2/c1-5-9-18-15-11-16(17(15)19-6-2)20-14-8-7-12(3)13(4)10-14/h7-8,10,15-18H,5-6,9,11H2,1-4H3. The van der Waals surface area contributed by atoms with E-state index in [1.54, 1.807) is 0 Å². The summed E-state index contributed by atoms with van der Waals surface area (Å²) in [5.74, 6) is 0.955. The van der Waals surface area contributed by atoms with Crippen molar-refractivity contribution in [3.63, 3.8) is 0 Å². The zero-order valence-electron chi connectivity index (χ0n) is 13.1. The molecule has 1 aromatic carbocycles. The molecule has 0 spiro atoms. The first-order valence-electron chi connectivity index (χ1n) is 7.74. The van der Waals surface area contributed by atoms with E-state index >= 15 is 0 Å². The molecule has 3 unspecified atom stereocenters. The van der Waals surface area contributed by atoms with Crippen LogP contribution in [0.2, 0.25) is 0 Å². The van der Waals surface area contributed by atoms with Crippen LogP contribution >= 0.6 is 0 Å². The fraction of sp³-hybridized carbons (Fsp3) is 0.647. The molecule has 1 aromatic rings. The molecule has 3 nitrogen and oxygen atoms in total. The summed E-state index contributed by atoms with van der Waals surface area (Å²) >= 11 is 0. The van der Waals surface area contributed by atoms with Gasteiger partial charge in [-0.25, -0.2) is 0 Å². The van der Waals surface area contributed by atoms with E-state index in [4.69, 9.17) is 9.47 Å². The van der Waals surface area contributed by atoms with Crippen LogP contribution in [0.25, 0.3) is 0 Å². The molecule has 0 saturated heterocycles. The molecule has 0 aliphatic heterocycles. The van der Waals surface area contributed by atoms with Gasteiger partial charge in [0.1, 0.15) is 18.0 Å². The van der Waals surface area contributed by atoms with E-state index in [1.807, 2.05) is 6.92 Å². The Labute approximate surface area is 122 Å². The third-order valence-electron chi connectivity index (χ3n) is 4.03. The molecule has 0 aromatic heterocycles. The van der Waals surface area contributed by atoms with Gasteiger partial charge in [0.25, 0.3) is 0 Å². The summed E-state index contributed by atoms with van der Waals surface area (Å²) in [6.45, 7) is 10.3. The van der Waals surface area contributed by atoms with Crippen molar-refractivity contribution in [2.45, 2.75) is 58.8 Å². The molecule has 112 valence electrons. The van der Waals surface area contributed by atoms with Crippen molar-refractivity contribution >= 4 is 0 Å². The van der Waals surface area contributed by atoms with Crippen molar-refractivity contribution < 1.29 is 9.47 Å². The summed E-state index contributed by atoms with van der Waals surface area (Å²) in [5, 5.41) is 3.53. The Hall–Kier alpha value is -1.06. The Kier molecular flexibility index (Phi) is 5.44. The Morgan fingerprint density at radius 3 is 2.65 bits per heavy atom. The number of benzene rings is 1. The Balaban J connectivity index is 1.93. The van der Waals surface area contributed by atoms with Crippen LogP contribution < -0.4 is 10.1 Å². The number of rotatable bonds is 7. The van der Waals surface area contributed by atoms with Crippen LogP contribution in [-0.4, -0.2) is 31.4 Å². The van der Waals surface area contributed by atoms with Gasteiger partial charge in [0.05, 0.1) is 0 Å². The van der Waals surface area contributed by atoms with E-state index in [-0.39, 0.29) is 12.2 Å². The number of nitrogens with one attached hydrogen (secondary N) is 1. The molecule has 1 fully saturated rings. The molecule has 0 amide bonds. The van der Waals surface area contributed by atoms with Gasteiger partial charge in [-0.05, 0) is 57.0 Å². The third kappa shape index (κ3) is 3.53. The van der Waals surface area contributed by atoms with Crippen LogP contribution in [0, 0.1) is 13.8 Å². The SMILES string of the molecule is CCCNC1CC(Oc2ccc(C)c(C)c2)C1OCC. The van der Waals surface area contributed by atoms with Gasteiger partial charge in [-0.1, -0.05) is 13.0 Å².